The number of alkyl halides is 3. The van der Waals surface area contributed by atoms with Crippen molar-refractivity contribution in [2.45, 2.75) is 26.1 Å². The van der Waals surface area contributed by atoms with E-state index in [1.807, 2.05) is 13.8 Å². The summed E-state index contributed by atoms with van der Waals surface area (Å²) in [6.45, 7) is 3.72. The average molecular weight is 363 g/mol. The molecule has 0 aliphatic rings. The second-order valence-corrected chi connectivity index (χ2v) is 5.64. The Morgan fingerprint density at radius 2 is 1.81 bits per heavy atom. The number of rotatable bonds is 5. The lowest BCUT2D eigenvalue weighted by molar-refractivity contribution is -0.137. The number of hydrogen-bond acceptors (Lipinski definition) is 4. The summed E-state index contributed by atoms with van der Waals surface area (Å²) in [7, 11) is 0. The van der Waals surface area contributed by atoms with Gasteiger partial charge in [0, 0.05) is 5.56 Å². The first-order valence-electron chi connectivity index (χ1n) is 7.65. The second kappa shape index (κ2) is 7.78. The number of hydrazine groups is 1. The number of carbonyl (C=O) groups excluding carboxylic acids is 1. The highest BCUT2D eigenvalue weighted by Crippen LogP contribution is 2.35. The molecule has 136 valence electrons. The maximum Gasteiger partial charge on any atom is 0.418 e. The van der Waals surface area contributed by atoms with Crippen LogP contribution in [0.1, 0.15) is 35.3 Å². The molecule has 2 N–H and O–H groups in total. The first-order chi connectivity index (χ1) is 12.2. The molecular weight excluding hydrogens is 347 g/mol. The number of benzene rings is 2. The third-order valence-electron chi connectivity index (χ3n) is 3.25. The van der Waals surface area contributed by atoms with Gasteiger partial charge in [-0.05, 0) is 56.3 Å². The van der Waals surface area contributed by atoms with Gasteiger partial charge in [-0.3, -0.25) is 15.6 Å². The number of halogens is 3. The smallest absolute Gasteiger partial charge is 0.418 e. The normalized spacial score (nSPS) is 11.0. The molecule has 0 fully saturated rings. The summed E-state index contributed by atoms with van der Waals surface area (Å²) in [5.74, 6) is -0.0328. The van der Waals surface area contributed by atoms with E-state index in [1.54, 1.807) is 18.2 Å². The van der Waals surface area contributed by atoms with Crippen molar-refractivity contribution >= 4 is 11.6 Å². The van der Waals surface area contributed by atoms with Crippen LogP contribution in [0.3, 0.4) is 0 Å². The van der Waals surface area contributed by atoms with Gasteiger partial charge in [-0.15, -0.1) is 0 Å². The zero-order valence-electron chi connectivity index (χ0n) is 14.0. The van der Waals surface area contributed by atoms with Crippen LogP contribution in [0, 0.1) is 11.3 Å². The summed E-state index contributed by atoms with van der Waals surface area (Å²) in [5.41, 5.74) is 3.18. The minimum Gasteiger partial charge on any atom is -0.491 e. The van der Waals surface area contributed by atoms with E-state index >= 15 is 0 Å². The number of amides is 1. The molecule has 0 radical (unpaired) electrons. The molecule has 26 heavy (non-hydrogen) atoms. The van der Waals surface area contributed by atoms with Gasteiger partial charge in [-0.2, -0.15) is 18.4 Å². The number of carbonyl (C=O) groups is 1. The van der Waals surface area contributed by atoms with E-state index in [0.29, 0.717) is 11.8 Å². The molecule has 0 heterocycles. The van der Waals surface area contributed by atoms with E-state index in [2.05, 4.69) is 10.9 Å². The lowest BCUT2D eigenvalue weighted by atomic mass is 10.1. The van der Waals surface area contributed by atoms with Crippen molar-refractivity contribution in [1.82, 2.24) is 5.43 Å². The summed E-state index contributed by atoms with van der Waals surface area (Å²) in [4.78, 5) is 12.1. The van der Waals surface area contributed by atoms with Crippen LogP contribution in [0.4, 0.5) is 18.9 Å². The molecule has 5 nitrogen and oxygen atoms in total. The molecule has 0 aliphatic carbocycles. The van der Waals surface area contributed by atoms with Gasteiger partial charge in [-0.1, -0.05) is 0 Å². The Hall–Kier alpha value is -3.21. The van der Waals surface area contributed by atoms with Crippen molar-refractivity contribution in [2.24, 2.45) is 0 Å². The molecule has 2 aromatic carbocycles. The summed E-state index contributed by atoms with van der Waals surface area (Å²) in [6.07, 6.45) is -4.69. The lowest BCUT2D eigenvalue weighted by Gasteiger charge is -2.15. The second-order valence-electron chi connectivity index (χ2n) is 5.64. The molecule has 0 aliphatic heterocycles. The summed E-state index contributed by atoms with van der Waals surface area (Å²) in [5, 5.41) is 8.74. The Morgan fingerprint density at radius 1 is 1.15 bits per heavy atom. The Labute approximate surface area is 148 Å². The lowest BCUT2D eigenvalue weighted by Crippen LogP contribution is -2.30. The molecule has 1 amide bonds. The fourth-order valence-corrected chi connectivity index (χ4v) is 2.11. The number of anilines is 1. The Balaban J connectivity index is 2.11. The number of nitriles is 1. The first-order valence-corrected chi connectivity index (χ1v) is 7.65. The number of nitrogens with zero attached hydrogens (tertiary/aromatic N) is 1. The monoisotopic (exact) mass is 363 g/mol. The van der Waals surface area contributed by atoms with E-state index in [-0.39, 0.29) is 22.9 Å². The molecule has 0 aromatic heterocycles. The maximum atomic E-state index is 13.1. The minimum atomic E-state index is -4.67. The van der Waals surface area contributed by atoms with Crippen molar-refractivity contribution in [1.29, 1.82) is 5.26 Å². The summed E-state index contributed by atoms with van der Waals surface area (Å²) >= 11 is 0. The van der Waals surface area contributed by atoms with Crippen molar-refractivity contribution in [3.63, 3.8) is 0 Å². The molecule has 2 aromatic rings. The van der Waals surface area contributed by atoms with Crippen molar-refractivity contribution < 1.29 is 22.7 Å². The summed E-state index contributed by atoms with van der Waals surface area (Å²) in [6, 6.07) is 10.9. The molecular formula is C18H16F3N3O2. The van der Waals surface area contributed by atoms with Gasteiger partial charge in [0.2, 0.25) is 0 Å². The number of ether oxygens (including phenoxy) is 1. The van der Waals surface area contributed by atoms with Crippen molar-refractivity contribution in [3.05, 3.63) is 59.2 Å². The third-order valence-corrected chi connectivity index (χ3v) is 3.25. The topological polar surface area (TPSA) is 74.2 Å². The standard InChI is InChI=1S/C18H16F3N3O2/c1-11(2)26-14-6-4-13(5-7-14)17(25)24-23-16-8-3-12(10-22)9-15(16)18(19,20)21/h3-9,11,23H,1-2H3,(H,24,25). The van der Waals surface area contributed by atoms with Gasteiger partial charge < -0.3 is 4.74 Å². The third kappa shape index (κ3) is 4.89. The zero-order valence-corrected chi connectivity index (χ0v) is 14.0. The Bertz CT molecular complexity index is 825. The highest BCUT2D eigenvalue weighted by atomic mass is 19.4. The van der Waals surface area contributed by atoms with E-state index in [4.69, 9.17) is 10.00 Å². The van der Waals surface area contributed by atoms with Gasteiger partial charge >= 0.3 is 6.18 Å². The van der Waals surface area contributed by atoms with Crippen molar-refractivity contribution in [3.8, 4) is 11.8 Å². The molecule has 0 unspecified atom stereocenters. The SMILES string of the molecule is CC(C)Oc1ccc(C(=O)NNc2ccc(C#N)cc2C(F)(F)F)cc1. The largest absolute Gasteiger partial charge is 0.491 e. The molecule has 0 atom stereocenters. The molecule has 0 bridgehead atoms. The van der Waals surface area contributed by atoms with E-state index < -0.39 is 17.6 Å². The van der Waals surface area contributed by atoms with Crippen LogP contribution in [0.2, 0.25) is 0 Å². The van der Waals surface area contributed by atoms with Crippen LogP contribution in [0.15, 0.2) is 42.5 Å². The van der Waals surface area contributed by atoms with Crippen LogP contribution in [0.5, 0.6) is 5.75 Å². The van der Waals surface area contributed by atoms with Gasteiger partial charge in [0.25, 0.3) is 5.91 Å². The van der Waals surface area contributed by atoms with Gasteiger partial charge in [0.1, 0.15) is 5.75 Å². The van der Waals surface area contributed by atoms with Crippen molar-refractivity contribution in [2.75, 3.05) is 5.43 Å². The summed E-state index contributed by atoms with van der Waals surface area (Å²) < 4.78 is 44.7. The minimum absolute atomic E-state index is 0.0199. The first kappa shape index (κ1) is 19.1. The zero-order chi connectivity index (χ0) is 19.3. The van der Waals surface area contributed by atoms with Crippen LogP contribution in [-0.4, -0.2) is 12.0 Å². The fourth-order valence-electron chi connectivity index (χ4n) is 2.11. The highest BCUT2D eigenvalue weighted by molar-refractivity contribution is 5.95. The molecule has 0 spiro atoms. The van der Waals surface area contributed by atoms with E-state index in [1.165, 1.54) is 18.2 Å². The van der Waals surface area contributed by atoms with E-state index in [0.717, 1.165) is 6.07 Å². The molecule has 0 saturated carbocycles. The predicted octanol–water partition coefficient (Wildman–Crippen LogP) is 4.12. The highest BCUT2D eigenvalue weighted by Gasteiger charge is 2.34. The van der Waals surface area contributed by atoms with Crippen LogP contribution in [-0.2, 0) is 6.18 Å². The fraction of sp³-hybridized carbons (Fsp3) is 0.222. The van der Waals surface area contributed by atoms with Gasteiger partial charge in [0.05, 0.1) is 29.0 Å². The molecule has 0 saturated heterocycles. The van der Waals surface area contributed by atoms with E-state index in [9.17, 15) is 18.0 Å². The number of hydrogen-bond donors (Lipinski definition) is 2. The Kier molecular flexibility index (Phi) is 5.72. The number of nitrogens with one attached hydrogen (secondary N) is 2. The van der Waals surface area contributed by atoms with Crippen LogP contribution in [0.25, 0.3) is 0 Å². The average Bonchev–Trinajstić information content (AvgIpc) is 2.59. The molecule has 2 rings (SSSR count). The maximum absolute atomic E-state index is 13.1. The Morgan fingerprint density at radius 3 is 2.35 bits per heavy atom. The predicted molar refractivity (Wildman–Crippen MR) is 89.5 cm³/mol. The van der Waals surface area contributed by atoms with Gasteiger partial charge in [-0.25, -0.2) is 0 Å². The van der Waals surface area contributed by atoms with Crippen LogP contribution < -0.4 is 15.6 Å². The van der Waals surface area contributed by atoms with Crippen LogP contribution >= 0.6 is 0 Å². The quantitative estimate of drug-likeness (QED) is 0.784. The van der Waals surface area contributed by atoms with Gasteiger partial charge in [0.15, 0.2) is 0 Å². The molecule has 8 heteroatoms.